The Morgan fingerprint density at radius 1 is 1.15 bits per heavy atom. The zero-order valence-corrected chi connectivity index (χ0v) is 17.5. The Bertz CT molecular complexity index is 936. The van der Waals surface area contributed by atoms with Gasteiger partial charge >= 0.3 is 0 Å². The van der Waals surface area contributed by atoms with Crippen molar-refractivity contribution in [3.05, 3.63) is 63.0 Å². The monoisotopic (exact) mass is 491 g/mol. The molecule has 1 aromatic heterocycles. The lowest BCUT2D eigenvalue weighted by molar-refractivity contribution is 0.102. The number of carbonyl (C=O) groups is 1. The molecule has 1 saturated heterocycles. The molecule has 0 radical (unpaired) electrons. The van der Waals surface area contributed by atoms with Crippen LogP contribution in [0.4, 0.5) is 10.8 Å². The molecule has 0 bridgehead atoms. The average Bonchev–Trinajstić information content (AvgIpc) is 3.19. The Morgan fingerprint density at radius 3 is 2.67 bits per heavy atom. The maximum atomic E-state index is 12.4. The smallest absolute Gasteiger partial charge is 0.255 e. The Hall–Kier alpha value is -1.97. The molecule has 0 aliphatic carbocycles. The number of ether oxygens (including phenoxy) is 1. The van der Waals surface area contributed by atoms with Crippen molar-refractivity contribution in [3.63, 3.8) is 0 Å². The number of nitrogens with one attached hydrogen (secondary N) is 1. The van der Waals surface area contributed by atoms with E-state index in [0.717, 1.165) is 51.9 Å². The zero-order chi connectivity index (χ0) is 18.6. The van der Waals surface area contributed by atoms with Gasteiger partial charge < -0.3 is 15.0 Å². The fourth-order valence-corrected chi connectivity index (χ4v) is 4.29. The Balaban J connectivity index is 1.44. The number of benzene rings is 2. The summed E-state index contributed by atoms with van der Waals surface area (Å²) in [4.78, 5) is 19.4. The molecule has 1 aliphatic heterocycles. The van der Waals surface area contributed by atoms with E-state index in [9.17, 15) is 4.79 Å². The number of rotatable bonds is 4. The molecule has 2 aromatic carbocycles. The highest BCUT2D eigenvalue weighted by atomic mass is 127. The van der Waals surface area contributed by atoms with Gasteiger partial charge in [-0.1, -0.05) is 18.2 Å². The number of thiazole rings is 1. The van der Waals surface area contributed by atoms with E-state index in [0.29, 0.717) is 5.56 Å². The van der Waals surface area contributed by atoms with Crippen LogP contribution in [-0.4, -0.2) is 37.2 Å². The molecule has 27 heavy (non-hydrogen) atoms. The van der Waals surface area contributed by atoms with E-state index in [-0.39, 0.29) is 5.91 Å². The second-order valence-corrected chi connectivity index (χ2v) is 8.24. The third-order valence-corrected chi connectivity index (χ3v) is 5.87. The molecule has 0 atom stereocenters. The largest absolute Gasteiger partial charge is 0.378 e. The van der Waals surface area contributed by atoms with Crippen molar-refractivity contribution in [2.75, 3.05) is 36.5 Å². The number of aromatic nitrogens is 1. The summed E-state index contributed by atoms with van der Waals surface area (Å²) < 4.78 is 6.43. The molecule has 1 fully saturated rings. The summed E-state index contributed by atoms with van der Waals surface area (Å²) in [7, 11) is 0. The SMILES string of the molecule is O=C(Nc1ccc(-c2csc(N3CCOCC3)n2)cc1)c1cccc(I)c1. The van der Waals surface area contributed by atoms with Gasteiger partial charge in [0, 0.05) is 38.9 Å². The number of halogens is 1. The maximum Gasteiger partial charge on any atom is 0.255 e. The van der Waals surface area contributed by atoms with Crippen LogP contribution >= 0.6 is 33.9 Å². The lowest BCUT2D eigenvalue weighted by Gasteiger charge is -2.26. The maximum absolute atomic E-state index is 12.4. The van der Waals surface area contributed by atoms with Crippen LogP contribution in [0.1, 0.15) is 10.4 Å². The number of nitrogens with zero attached hydrogens (tertiary/aromatic N) is 2. The molecule has 3 aromatic rings. The van der Waals surface area contributed by atoms with Crippen LogP contribution in [0.3, 0.4) is 0 Å². The second kappa shape index (κ2) is 8.37. The summed E-state index contributed by atoms with van der Waals surface area (Å²) in [5.41, 5.74) is 3.42. The van der Waals surface area contributed by atoms with E-state index in [4.69, 9.17) is 9.72 Å². The van der Waals surface area contributed by atoms with Gasteiger partial charge in [0.15, 0.2) is 5.13 Å². The number of hydrogen-bond acceptors (Lipinski definition) is 5. The molecule has 2 heterocycles. The number of carbonyl (C=O) groups excluding carboxylic acids is 1. The average molecular weight is 491 g/mol. The first kappa shape index (κ1) is 18.4. The molecule has 4 rings (SSSR count). The molecule has 1 aliphatic rings. The van der Waals surface area contributed by atoms with Gasteiger partial charge in [-0.3, -0.25) is 4.79 Å². The van der Waals surface area contributed by atoms with Crippen LogP contribution in [-0.2, 0) is 4.74 Å². The van der Waals surface area contributed by atoms with Crippen LogP contribution < -0.4 is 10.2 Å². The summed E-state index contributed by atoms with van der Waals surface area (Å²) in [5, 5.41) is 6.04. The lowest BCUT2D eigenvalue weighted by Crippen LogP contribution is -2.36. The normalized spacial score (nSPS) is 14.2. The van der Waals surface area contributed by atoms with Crippen molar-refractivity contribution in [1.29, 1.82) is 0 Å². The molecule has 5 nitrogen and oxygen atoms in total. The van der Waals surface area contributed by atoms with Crippen molar-refractivity contribution >= 4 is 50.7 Å². The fourth-order valence-electron chi connectivity index (χ4n) is 2.85. The van der Waals surface area contributed by atoms with E-state index in [1.165, 1.54) is 0 Å². The van der Waals surface area contributed by atoms with Crippen LogP contribution in [0.25, 0.3) is 11.3 Å². The van der Waals surface area contributed by atoms with E-state index < -0.39 is 0 Å². The number of hydrogen-bond donors (Lipinski definition) is 1. The summed E-state index contributed by atoms with van der Waals surface area (Å²) in [5.74, 6) is -0.107. The molecule has 1 amide bonds. The molecule has 138 valence electrons. The first-order valence-electron chi connectivity index (χ1n) is 8.64. The highest BCUT2D eigenvalue weighted by molar-refractivity contribution is 14.1. The van der Waals surface area contributed by atoms with Gasteiger partial charge in [-0.2, -0.15) is 0 Å². The Kier molecular flexibility index (Phi) is 5.70. The number of anilines is 2. The first-order chi connectivity index (χ1) is 13.2. The summed E-state index contributed by atoms with van der Waals surface area (Å²) in [6.45, 7) is 3.28. The van der Waals surface area contributed by atoms with Crippen molar-refractivity contribution in [2.45, 2.75) is 0 Å². The third-order valence-electron chi connectivity index (χ3n) is 4.30. The van der Waals surface area contributed by atoms with E-state index in [2.05, 4.69) is 38.2 Å². The lowest BCUT2D eigenvalue weighted by atomic mass is 10.1. The Morgan fingerprint density at radius 2 is 1.93 bits per heavy atom. The van der Waals surface area contributed by atoms with E-state index in [1.54, 1.807) is 11.3 Å². The highest BCUT2D eigenvalue weighted by Crippen LogP contribution is 2.28. The number of morpholine rings is 1. The van der Waals surface area contributed by atoms with Gasteiger partial charge in [-0.25, -0.2) is 4.98 Å². The number of amides is 1. The third kappa shape index (κ3) is 4.48. The van der Waals surface area contributed by atoms with Gasteiger partial charge in [-0.15, -0.1) is 11.3 Å². The van der Waals surface area contributed by atoms with Crippen LogP contribution in [0.5, 0.6) is 0 Å². The quantitative estimate of drug-likeness (QED) is 0.547. The fraction of sp³-hybridized carbons (Fsp3) is 0.200. The van der Waals surface area contributed by atoms with Gasteiger partial charge in [-0.05, 0) is 52.9 Å². The molecule has 0 unspecified atom stereocenters. The van der Waals surface area contributed by atoms with Crippen molar-refractivity contribution in [1.82, 2.24) is 4.98 Å². The Labute approximate surface area is 175 Å². The van der Waals surface area contributed by atoms with Gasteiger partial charge in [0.2, 0.25) is 0 Å². The van der Waals surface area contributed by atoms with E-state index in [1.807, 2.05) is 48.5 Å². The van der Waals surface area contributed by atoms with Crippen LogP contribution in [0, 0.1) is 3.57 Å². The minimum Gasteiger partial charge on any atom is -0.378 e. The summed E-state index contributed by atoms with van der Waals surface area (Å²) >= 11 is 3.86. The second-order valence-electron chi connectivity index (χ2n) is 6.16. The minimum atomic E-state index is -0.107. The molecule has 7 heteroatoms. The highest BCUT2D eigenvalue weighted by Gasteiger charge is 2.15. The van der Waals surface area contributed by atoms with Gasteiger partial charge in [0.1, 0.15) is 0 Å². The predicted molar refractivity (Wildman–Crippen MR) is 118 cm³/mol. The van der Waals surface area contributed by atoms with Gasteiger partial charge in [0.05, 0.1) is 18.9 Å². The minimum absolute atomic E-state index is 0.107. The molecule has 1 N–H and O–H groups in total. The zero-order valence-electron chi connectivity index (χ0n) is 14.5. The summed E-state index contributed by atoms with van der Waals surface area (Å²) in [6, 6.07) is 15.3. The predicted octanol–water partition coefficient (Wildman–Crippen LogP) is 4.50. The molecule has 0 spiro atoms. The molecular weight excluding hydrogens is 473 g/mol. The van der Waals surface area contributed by atoms with Crippen molar-refractivity contribution in [3.8, 4) is 11.3 Å². The molecule has 0 saturated carbocycles. The summed E-state index contributed by atoms with van der Waals surface area (Å²) in [6.07, 6.45) is 0. The molecular formula is C20H18IN3O2S. The first-order valence-corrected chi connectivity index (χ1v) is 10.6. The van der Waals surface area contributed by atoms with E-state index >= 15 is 0 Å². The van der Waals surface area contributed by atoms with Crippen LogP contribution in [0.2, 0.25) is 0 Å². The van der Waals surface area contributed by atoms with Crippen LogP contribution in [0.15, 0.2) is 53.9 Å². The van der Waals surface area contributed by atoms with Crippen molar-refractivity contribution < 1.29 is 9.53 Å². The van der Waals surface area contributed by atoms with Crippen molar-refractivity contribution in [2.24, 2.45) is 0 Å². The topological polar surface area (TPSA) is 54.5 Å². The van der Waals surface area contributed by atoms with Gasteiger partial charge in [0.25, 0.3) is 5.91 Å². The standard InChI is InChI=1S/C20H18IN3O2S/c21-16-3-1-2-15(12-16)19(25)22-17-6-4-14(5-7-17)18-13-27-20(23-18)24-8-10-26-11-9-24/h1-7,12-13H,8-11H2,(H,22,25).